The second kappa shape index (κ2) is 6.93. The molecule has 0 aromatic heterocycles. The Morgan fingerprint density at radius 2 is 1.80 bits per heavy atom. The van der Waals surface area contributed by atoms with Gasteiger partial charge in [-0.25, -0.2) is 4.79 Å². The van der Waals surface area contributed by atoms with Crippen molar-refractivity contribution in [2.24, 2.45) is 0 Å². The molecule has 20 heavy (non-hydrogen) atoms. The molecule has 108 valence electrons. The summed E-state index contributed by atoms with van der Waals surface area (Å²) in [6, 6.07) is 6.73. The van der Waals surface area contributed by atoms with Crippen LogP contribution in [0.2, 0.25) is 0 Å². The highest BCUT2D eigenvalue weighted by atomic mass is 16.6. The quantitative estimate of drug-likeness (QED) is 0.887. The van der Waals surface area contributed by atoms with Crippen molar-refractivity contribution in [1.82, 2.24) is 5.32 Å². The highest BCUT2D eigenvalue weighted by Crippen LogP contribution is 2.18. The summed E-state index contributed by atoms with van der Waals surface area (Å²) in [7, 11) is 0. The maximum absolute atomic E-state index is 11.7. The zero-order valence-corrected chi connectivity index (χ0v) is 11.3. The molecule has 1 aliphatic carbocycles. The summed E-state index contributed by atoms with van der Waals surface area (Å²) in [6.45, 7) is 0. The van der Waals surface area contributed by atoms with E-state index in [0.717, 1.165) is 25.7 Å². The number of carboxylic acids is 1. The van der Waals surface area contributed by atoms with Crippen molar-refractivity contribution < 1.29 is 19.4 Å². The molecule has 1 saturated carbocycles. The van der Waals surface area contributed by atoms with Gasteiger partial charge >= 0.3 is 12.1 Å². The molecule has 0 bridgehead atoms. The van der Waals surface area contributed by atoms with E-state index in [9.17, 15) is 9.59 Å². The fourth-order valence-corrected chi connectivity index (χ4v) is 2.40. The summed E-state index contributed by atoms with van der Waals surface area (Å²) < 4.78 is 5.18. The van der Waals surface area contributed by atoms with Crippen LogP contribution in [0, 0.1) is 0 Å². The van der Waals surface area contributed by atoms with Crippen molar-refractivity contribution in [3.05, 3.63) is 29.8 Å². The number of hydrogen-bond acceptors (Lipinski definition) is 3. The van der Waals surface area contributed by atoms with Gasteiger partial charge in [0.25, 0.3) is 0 Å². The number of hydrogen-bond donors (Lipinski definition) is 2. The zero-order chi connectivity index (χ0) is 14.4. The van der Waals surface area contributed by atoms with Crippen LogP contribution in [0.15, 0.2) is 24.3 Å². The lowest BCUT2D eigenvalue weighted by atomic mass is 9.96. The summed E-state index contributed by atoms with van der Waals surface area (Å²) in [5.41, 5.74) is 0.678. The van der Waals surface area contributed by atoms with Crippen LogP contribution in [0.5, 0.6) is 5.75 Å². The van der Waals surface area contributed by atoms with E-state index in [-0.39, 0.29) is 12.5 Å². The van der Waals surface area contributed by atoms with Gasteiger partial charge in [-0.05, 0) is 30.5 Å². The molecule has 5 nitrogen and oxygen atoms in total. The van der Waals surface area contributed by atoms with Gasteiger partial charge in [0.2, 0.25) is 0 Å². The number of aliphatic carboxylic acids is 1. The minimum absolute atomic E-state index is 0.0332. The summed E-state index contributed by atoms with van der Waals surface area (Å²) in [5, 5.41) is 11.5. The predicted molar refractivity (Wildman–Crippen MR) is 73.8 cm³/mol. The topological polar surface area (TPSA) is 75.6 Å². The molecule has 1 fully saturated rings. The Kier molecular flexibility index (Phi) is 4.98. The Hall–Kier alpha value is -2.04. The molecule has 1 aromatic rings. The van der Waals surface area contributed by atoms with Gasteiger partial charge in [0.15, 0.2) is 0 Å². The number of rotatable bonds is 4. The summed E-state index contributed by atoms with van der Waals surface area (Å²) in [6.07, 6.45) is 5.07. The maximum Gasteiger partial charge on any atom is 0.412 e. The van der Waals surface area contributed by atoms with E-state index in [2.05, 4.69) is 5.32 Å². The molecule has 1 amide bonds. The fraction of sp³-hybridized carbons (Fsp3) is 0.467. The average molecular weight is 277 g/mol. The van der Waals surface area contributed by atoms with Gasteiger partial charge < -0.3 is 15.2 Å². The van der Waals surface area contributed by atoms with Crippen molar-refractivity contribution in [2.45, 2.75) is 44.6 Å². The number of benzene rings is 1. The molecule has 1 aliphatic rings. The van der Waals surface area contributed by atoms with Crippen LogP contribution in [0.3, 0.4) is 0 Å². The number of amides is 1. The molecule has 2 rings (SSSR count). The third-order valence-electron chi connectivity index (χ3n) is 3.42. The van der Waals surface area contributed by atoms with Crippen molar-refractivity contribution in [1.29, 1.82) is 0 Å². The molecule has 2 N–H and O–H groups in total. The second-order valence-electron chi connectivity index (χ2n) is 5.08. The number of carbonyl (C=O) groups is 2. The second-order valence-corrected chi connectivity index (χ2v) is 5.08. The van der Waals surface area contributed by atoms with Crippen molar-refractivity contribution in [3.8, 4) is 5.75 Å². The Labute approximate surface area is 117 Å². The first kappa shape index (κ1) is 14.4. The van der Waals surface area contributed by atoms with Gasteiger partial charge in [0.05, 0.1) is 6.42 Å². The molecule has 0 aliphatic heterocycles. The number of carbonyl (C=O) groups excluding carboxylic acids is 1. The standard InChI is InChI=1S/C15H19NO4/c17-14(18)10-11-6-8-13(9-7-11)20-15(19)16-12-4-2-1-3-5-12/h6-9,12H,1-5,10H2,(H,16,19)(H,17,18). The van der Waals surface area contributed by atoms with E-state index in [1.54, 1.807) is 24.3 Å². The minimum Gasteiger partial charge on any atom is -0.481 e. The SMILES string of the molecule is O=C(O)Cc1ccc(OC(=O)NC2CCCCC2)cc1. The van der Waals surface area contributed by atoms with Gasteiger partial charge in [0, 0.05) is 6.04 Å². The third kappa shape index (κ3) is 4.57. The molecule has 0 atom stereocenters. The van der Waals surface area contributed by atoms with Crippen LogP contribution >= 0.6 is 0 Å². The van der Waals surface area contributed by atoms with Crippen LogP contribution in [-0.2, 0) is 11.2 Å². The highest BCUT2D eigenvalue weighted by Gasteiger charge is 2.16. The summed E-state index contributed by atoms with van der Waals surface area (Å²) >= 11 is 0. The van der Waals surface area contributed by atoms with E-state index >= 15 is 0 Å². The Morgan fingerprint density at radius 1 is 1.15 bits per heavy atom. The first-order valence-electron chi connectivity index (χ1n) is 6.92. The third-order valence-corrected chi connectivity index (χ3v) is 3.42. The fourth-order valence-electron chi connectivity index (χ4n) is 2.40. The lowest BCUT2D eigenvalue weighted by Crippen LogP contribution is -2.37. The molecule has 0 spiro atoms. The molecular weight excluding hydrogens is 258 g/mol. The first-order chi connectivity index (χ1) is 9.63. The lowest BCUT2D eigenvalue weighted by molar-refractivity contribution is -0.136. The van der Waals surface area contributed by atoms with E-state index in [1.807, 2.05) is 0 Å². The van der Waals surface area contributed by atoms with E-state index in [1.165, 1.54) is 6.42 Å². The number of ether oxygens (including phenoxy) is 1. The van der Waals surface area contributed by atoms with Crippen LogP contribution in [0.1, 0.15) is 37.7 Å². The normalized spacial score (nSPS) is 15.6. The lowest BCUT2D eigenvalue weighted by Gasteiger charge is -2.22. The van der Waals surface area contributed by atoms with Crippen LogP contribution < -0.4 is 10.1 Å². The molecule has 0 radical (unpaired) electrons. The van der Waals surface area contributed by atoms with Crippen molar-refractivity contribution in [3.63, 3.8) is 0 Å². The monoisotopic (exact) mass is 277 g/mol. The first-order valence-corrected chi connectivity index (χ1v) is 6.92. The zero-order valence-electron chi connectivity index (χ0n) is 11.3. The molecular formula is C15H19NO4. The number of carboxylic acid groups (broad SMARTS) is 1. The molecule has 0 unspecified atom stereocenters. The molecule has 0 heterocycles. The predicted octanol–water partition coefficient (Wildman–Crippen LogP) is 2.73. The summed E-state index contributed by atoms with van der Waals surface area (Å²) in [5.74, 6) is -0.457. The van der Waals surface area contributed by atoms with E-state index in [0.29, 0.717) is 11.3 Å². The van der Waals surface area contributed by atoms with Gasteiger partial charge in [0.1, 0.15) is 5.75 Å². The van der Waals surface area contributed by atoms with Crippen LogP contribution in [0.4, 0.5) is 4.79 Å². The smallest absolute Gasteiger partial charge is 0.412 e. The highest BCUT2D eigenvalue weighted by molar-refractivity contribution is 5.71. The molecule has 1 aromatic carbocycles. The van der Waals surface area contributed by atoms with Crippen molar-refractivity contribution in [2.75, 3.05) is 0 Å². The van der Waals surface area contributed by atoms with Crippen molar-refractivity contribution >= 4 is 12.1 Å². The summed E-state index contributed by atoms with van der Waals surface area (Å²) in [4.78, 5) is 22.3. The minimum atomic E-state index is -0.881. The van der Waals surface area contributed by atoms with Gasteiger partial charge in [-0.3, -0.25) is 4.79 Å². The Morgan fingerprint density at radius 3 is 2.40 bits per heavy atom. The van der Waals surface area contributed by atoms with Crippen LogP contribution in [-0.4, -0.2) is 23.2 Å². The van der Waals surface area contributed by atoms with Gasteiger partial charge in [-0.15, -0.1) is 0 Å². The molecule has 5 heteroatoms. The largest absolute Gasteiger partial charge is 0.481 e. The molecule has 0 saturated heterocycles. The van der Waals surface area contributed by atoms with E-state index < -0.39 is 12.1 Å². The maximum atomic E-state index is 11.7. The number of nitrogens with one attached hydrogen (secondary N) is 1. The van der Waals surface area contributed by atoms with Crippen LogP contribution in [0.25, 0.3) is 0 Å². The van der Waals surface area contributed by atoms with Gasteiger partial charge in [-0.2, -0.15) is 0 Å². The average Bonchev–Trinajstić information content (AvgIpc) is 2.41. The van der Waals surface area contributed by atoms with Gasteiger partial charge in [-0.1, -0.05) is 31.4 Å². The Balaban J connectivity index is 1.82. The Bertz CT molecular complexity index is 463. The van der Waals surface area contributed by atoms with E-state index in [4.69, 9.17) is 9.84 Å².